The van der Waals surface area contributed by atoms with Crippen LogP contribution in [0.25, 0.3) is 0 Å². The van der Waals surface area contributed by atoms with E-state index in [2.05, 4.69) is 10.6 Å². The molecule has 1 aromatic heterocycles. The molecular formula is C22H22N2O4S2. The normalized spacial score (nSPS) is 10.3. The van der Waals surface area contributed by atoms with Crippen molar-refractivity contribution in [2.75, 3.05) is 25.3 Å². The van der Waals surface area contributed by atoms with Gasteiger partial charge in [0.25, 0.3) is 5.91 Å². The van der Waals surface area contributed by atoms with Gasteiger partial charge in [0.2, 0.25) is 5.91 Å². The van der Waals surface area contributed by atoms with Crippen LogP contribution in [0.5, 0.6) is 11.5 Å². The van der Waals surface area contributed by atoms with E-state index >= 15 is 0 Å². The van der Waals surface area contributed by atoms with Crippen LogP contribution >= 0.6 is 23.1 Å². The summed E-state index contributed by atoms with van der Waals surface area (Å²) in [6.07, 6.45) is 0. The summed E-state index contributed by atoms with van der Waals surface area (Å²) in [4.78, 5) is 26.8. The molecular weight excluding hydrogens is 420 g/mol. The van der Waals surface area contributed by atoms with Crippen LogP contribution in [0.1, 0.15) is 15.2 Å². The van der Waals surface area contributed by atoms with Crippen molar-refractivity contribution in [3.8, 4) is 11.5 Å². The monoisotopic (exact) mass is 442 g/mol. The molecule has 2 aromatic carbocycles. The van der Waals surface area contributed by atoms with Gasteiger partial charge >= 0.3 is 0 Å². The van der Waals surface area contributed by atoms with E-state index < -0.39 is 0 Å². The van der Waals surface area contributed by atoms with Crippen LogP contribution in [0.4, 0.5) is 5.69 Å². The Bertz CT molecular complexity index is 1010. The van der Waals surface area contributed by atoms with Gasteiger partial charge in [-0.15, -0.1) is 23.1 Å². The molecule has 0 bridgehead atoms. The molecule has 0 unspecified atom stereocenters. The van der Waals surface area contributed by atoms with Gasteiger partial charge in [-0.25, -0.2) is 0 Å². The van der Waals surface area contributed by atoms with Gasteiger partial charge in [-0.1, -0.05) is 18.2 Å². The first-order valence-corrected chi connectivity index (χ1v) is 11.0. The lowest BCUT2D eigenvalue weighted by Crippen LogP contribution is -2.23. The minimum Gasteiger partial charge on any atom is -0.493 e. The third-order valence-corrected chi connectivity index (χ3v) is 6.11. The summed E-state index contributed by atoms with van der Waals surface area (Å²) >= 11 is 2.91. The highest BCUT2D eigenvalue weighted by Crippen LogP contribution is 2.30. The summed E-state index contributed by atoms with van der Waals surface area (Å²) in [6.45, 7) is 0.481. The molecule has 6 nitrogen and oxygen atoms in total. The lowest BCUT2D eigenvalue weighted by atomic mass is 10.2. The van der Waals surface area contributed by atoms with Gasteiger partial charge in [-0.05, 0) is 35.7 Å². The second-order valence-electron chi connectivity index (χ2n) is 6.16. The van der Waals surface area contributed by atoms with Crippen molar-refractivity contribution in [3.63, 3.8) is 0 Å². The van der Waals surface area contributed by atoms with E-state index in [9.17, 15) is 9.59 Å². The minimum absolute atomic E-state index is 0.160. The molecule has 1 heterocycles. The number of ether oxygens (including phenoxy) is 2. The number of anilines is 1. The number of carbonyl (C=O) groups is 2. The van der Waals surface area contributed by atoms with Crippen LogP contribution in [-0.4, -0.2) is 31.8 Å². The van der Waals surface area contributed by atoms with E-state index in [0.717, 1.165) is 9.77 Å². The second kappa shape index (κ2) is 10.7. The maximum absolute atomic E-state index is 12.6. The second-order valence-corrected chi connectivity index (χ2v) is 8.21. The molecule has 3 rings (SSSR count). The quantitative estimate of drug-likeness (QED) is 0.480. The van der Waals surface area contributed by atoms with E-state index in [1.165, 1.54) is 11.8 Å². The van der Waals surface area contributed by atoms with Crippen molar-refractivity contribution in [2.45, 2.75) is 11.4 Å². The minimum atomic E-state index is -0.180. The fourth-order valence-electron chi connectivity index (χ4n) is 2.71. The smallest absolute Gasteiger partial charge is 0.252 e. The number of methoxy groups -OCH3 is 2. The van der Waals surface area contributed by atoms with Gasteiger partial charge in [-0.3, -0.25) is 9.59 Å². The first-order chi connectivity index (χ1) is 14.6. The highest BCUT2D eigenvalue weighted by Gasteiger charge is 2.13. The fraction of sp³-hybridized carbons (Fsp3) is 0.182. The van der Waals surface area contributed by atoms with E-state index in [0.29, 0.717) is 29.3 Å². The zero-order valence-corrected chi connectivity index (χ0v) is 18.3. The Kier molecular flexibility index (Phi) is 7.75. The molecule has 0 aliphatic heterocycles. The number of thiophene rings is 1. The number of thioether (sulfide) groups is 1. The molecule has 0 atom stereocenters. The lowest BCUT2D eigenvalue weighted by Gasteiger charge is -2.11. The Balaban J connectivity index is 1.59. The van der Waals surface area contributed by atoms with Crippen molar-refractivity contribution in [1.82, 2.24) is 5.32 Å². The largest absolute Gasteiger partial charge is 0.493 e. The van der Waals surface area contributed by atoms with Gasteiger partial charge in [0, 0.05) is 21.5 Å². The number of carbonyl (C=O) groups excluding carboxylic acids is 2. The molecule has 3 aromatic rings. The van der Waals surface area contributed by atoms with E-state index in [4.69, 9.17) is 9.47 Å². The topological polar surface area (TPSA) is 76.7 Å². The molecule has 0 radical (unpaired) electrons. The predicted molar refractivity (Wildman–Crippen MR) is 121 cm³/mol. The Morgan fingerprint density at radius 1 is 1.00 bits per heavy atom. The molecule has 0 fully saturated rings. The van der Waals surface area contributed by atoms with Gasteiger partial charge in [0.1, 0.15) is 0 Å². The van der Waals surface area contributed by atoms with Gasteiger partial charge in [-0.2, -0.15) is 0 Å². The summed E-state index contributed by atoms with van der Waals surface area (Å²) in [5.74, 6) is 0.958. The maximum atomic E-state index is 12.6. The predicted octanol–water partition coefficient (Wildman–Crippen LogP) is 4.43. The number of nitrogens with one attached hydrogen (secondary N) is 2. The van der Waals surface area contributed by atoms with Crippen LogP contribution in [-0.2, 0) is 11.3 Å². The third kappa shape index (κ3) is 5.77. The first-order valence-electron chi connectivity index (χ1n) is 9.15. The lowest BCUT2D eigenvalue weighted by molar-refractivity contribution is -0.113. The highest BCUT2D eigenvalue weighted by atomic mass is 32.2. The molecule has 156 valence electrons. The number of rotatable bonds is 9. The molecule has 2 amide bonds. The average molecular weight is 443 g/mol. The number of hydrogen-bond donors (Lipinski definition) is 2. The van der Waals surface area contributed by atoms with Crippen LogP contribution in [0, 0.1) is 0 Å². The van der Waals surface area contributed by atoms with Gasteiger partial charge < -0.3 is 20.1 Å². The van der Waals surface area contributed by atoms with Crippen molar-refractivity contribution in [2.24, 2.45) is 0 Å². The number of amides is 2. The summed E-state index contributed by atoms with van der Waals surface area (Å²) in [5.41, 5.74) is 1.16. The molecule has 0 spiro atoms. The summed E-state index contributed by atoms with van der Waals surface area (Å²) in [6, 6.07) is 16.4. The summed E-state index contributed by atoms with van der Waals surface area (Å²) < 4.78 is 10.5. The molecule has 0 saturated carbocycles. The van der Waals surface area contributed by atoms with E-state index in [1.54, 1.807) is 49.8 Å². The summed E-state index contributed by atoms with van der Waals surface area (Å²) in [5, 5.41) is 7.74. The van der Waals surface area contributed by atoms with Crippen molar-refractivity contribution in [1.29, 1.82) is 0 Å². The van der Waals surface area contributed by atoms with E-state index in [1.807, 2.05) is 35.7 Å². The van der Waals surface area contributed by atoms with Crippen molar-refractivity contribution in [3.05, 3.63) is 70.4 Å². The van der Waals surface area contributed by atoms with Crippen LogP contribution in [0.15, 0.2) is 64.9 Å². The Labute approximate surface area is 183 Å². The fourth-order valence-corrected chi connectivity index (χ4v) is 4.20. The van der Waals surface area contributed by atoms with Crippen LogP contribution < -0.4 is 20.1 Å². The Hall–Kier alpha value is -2.97. The maximum Gasteiger partial charge on any atom is 0.252 e. The van der Waals surface area contributed by atoms with Crippen molar-refractivity contribution < 1.29 is 19.1 Å². The van der Waals surface area contributed by atoms with E-state index in [-0.39, 0.29) is 17.6 Å². The standard InChI is InChI=1S/C22H22N2O4S2/c1-27-18-10-9-15(12-19(18)28-2)24-21(25)14-30-20-8-4-3-7-17(20)22(26)23-13-16-6-5-11-29-16/h3-12H,13-14H2,1-2H3,(H,23,26)(H,24,25). The average Bonchev–Trinajstić information content (AvgIpc) is 3.30. The molecule has 8 heteroatoms. The van der Waals surface area contributed by atoms with Gasteiger partial charge in [0.05, 0.1) is 32.1 Å². The molecule has 0 saturated heterocycles. The SMILES string of the molecule is COc1ccc(NC(=O)CSc2ccccc2C(=O)NCc2cccs2)cc1OC. The zero-order chi connectivity index (χ0) is 21.3. The van der Waals surface area contributed by atoms with Crippen LogP contribution in [0.2, 0.25) is 0 Å². The molecule has 0 aliphatic rings. The molecule has 0 aliphatic carbocycles. The van der Waals surface area contributed by atoms with Crippen LogP contribution in [0.3, 0.4) is 0 Å². The van der Waals surface area contributed by atoms with Crippen molar-refractivity contribution >= 4 is 40.6 Å². The highest BCUT2D eigenvalue weighted by molar-refractivity contribution is 8.00. The first kappa shape index (κ1) is 21.7. The molecule has 2 N–H and O–H groups in total. The van der Waals surface area contributed by atoms with Gasteiger partial charge in [0.15, 0.2) is 11.5 Å². The Morgan fingerprint density at radius 3 is 2.53 bits per heavy atom. The third-order valence-electron chi connectivity index (χ3n) is 4.16. The Morgan fingerprint density at radius 2 is 1.80 bits per heavy atom. The zero-order valence-electron chi connectivity index (χ0n) is 16.6. The number of hydrogen-bond acceptors (Lipinski definition) is 6. The summed E-state index contributed by atoms with van der Waals surface area (Å²) in [7, 11) is 3.10. The number of benzene rings is 2. The molecule has 30 heavy (non-hydrogen) atoms.